The first kappa shape index (κ1) is 18.7. The molecule has 4 nitrogen and oxygen atoms in total. The first-order chi connectivity index (χ1) is 13.2. The van der Waals surface area contributed by atoms with Crippen molar-refractivity contribution in [1.82, 2.24) is 9.88 Å². The Labute approximate surface area is 174 Å². The zero-order valence-electron chi connectivity index (χ0n) is 14.6. The summed E-state index contributed by atoms with van der Waals surface area (Å²) >= 11 is 6.82. The molecule has 0 unspecified atom stereocenters. The Balaban J connectivity index is 1.47. The summed E-state index contributed by atoms with van der Waals surface area (Å²) in [6.07, 6.45) is 3.11. The first-order valence-corrected chi connectivity index (χ1v) is 11.4. The molecule has 0 spiro atoms. The van der Waals surface area contributed by atoms with E-state index in [1.54, 1.807) is 22.7 Å². The first-order valence-electron chi connectivity index (χ1n) is 8.89. The van der Waals surface area contributed by atoms with Gasteiger partial charge in [0.05, 0.1) is 20.4 Å². The van der Waals surface area contributed by atoms with Crippen LogP contribution in [-0.4, -0.2) is 28.9 Å². The maximum atomic E-state index is 12.8. The highest BCUT2D eigenvalue weighted by Crippen LogP contribution is 2.37. The average Bonchev–Trinajstić information content (AvgIpc) is 3.36. The van der Waals surface area contributed by atoms with Crippen LogP contribution < -0.4 is 4.74 Å². The van der Waals surface area contributed by atoms with Gasteiger partial charge in [-0.15, -0.1) is 22.7 Å². The molecule has 1 aliphatic heterocycles. The molecule has 140 valence electrons. The molecule has 3 aromatic rings. The van der Waals surface area contributed by atoms with Crippen LogP contribution in [0.5, 0.6) is 5.75 Å². The van der Waals surface area contributed by atoms with Gasteiger partial charge in [-0.2, -0.15) is 0 Å². The highest BCUT2D eigenvalue weighted by molar-refractivity contribution is 9.11. The SMILES string of the molecule is O=C(COc1ccccc1)N1CCCC[C@@H]1c1nc(-c2ccc(Br)s2)cs1. The van der Waals surface area contributed by atoms with Gasteiger partial charge >= 0.3 is 0 Å². The van der Waals surface area contributed by atoms with Gasteiger partial charge in [-0.05, 0) is 59.5 Å². The number of hydrogen-bond donors (Lipinski definition) is 0. The summed E-state index contributed by atoms with van der Waals surface area (Å²) < 4.78 is 6.77. The number of thiazole rings is 1. The van der Waals surface area contributed by atoms with Crippen LogP contribution in [0.3, 0.4) is 0 Å². The number of nitrogens with zero attached hydrogens (tertiary/aromatic N) is 2. The zero-order chi connectivity index (χ0) is 18.6. The van der Waals surface area contributed by atoms with Gasteiger partial charge in [0.1, 0.15) is 10.8 Å². The van der Waals surface area contributed by atoms with E-state index in [-0.39, 0.29) is 18.6 Å². The van der Waals surface area contributed by atoms with Gasteiger partial charge in [0, 0.05) is 11.9 Å². The lowest BCUT2D eigenvalue weighted by molar-refractivity contribution is -0.137. The van der Waals surface area contributed by atoms with E-state index in [0.29, 0.717) is 0 Å². The summed E-state index contributed by atoms with van der Waals surface area (Å²) in [5.74, 6) is 0.749. The van der Waals surface area contributed by atoms with E-state index in [0.717, 1.165) is 50.9 Å². The summed E-state index contributed by atoms with van der Waals surface area (Å²) in [6, 6.07) is 13.6. The van der Waals surface area contributed by atoms with E-state index in [9.17, 15) is 4.79 Å². The molecule has 0 bridgehead atoms. The second-order valence-electron chi connectivity index (χ2n) is 6.38. The number of amides is 1. The van der Waals surface area contributed by atoms with Crippen molar-refractivity contribution in [3.8, 4) is 16.3 Å². The minimum atomic E-state index is 0.0270. The maximum absolute atomic E-state index is 12.8. The zero-order valence-corrected chi connectivity index (χ0v) is 17.9. The van der Waals surface area contributed by atoms with Crippen LogP contribution in [0, 0.1) is 0 Å². The van der Waals surface area contributed by atoms with Gasteiger partial charge in [-0.1, -0.05) is 18.2 Å². The number of carbonyl (C=O) groups is 1. The third-order valence-electron chi connectivity index (χ3n) is 4.56. The Morgan fingerprint density at radius 3 is 2.85 bits per heavy atom. The Hall–Kier alpha value is -1.70. The van der Waals surface area contributed by atoms with Gasteiger partial charge in [0.15, 0.2) is 6.61 Å². The number of para-hydroxylation sites is 1. The number of benzene rings is 1. The van der Waals surface area contributed by atoms with E-state index >= 15 is 0 Å². The third kappa shape index (κ3) is 4.42. The van der Waals surface area contributed by atoms with Crippen LogP contribution in [0.4, 0.5) is 0 Å². The molecular weight excluding hydrogens is 444 g/mol. The number of hydrogen-bond acceptors (Lipinski definition) is 5. The summed E-state index contributed by atoms with van der Waals surface area (Å²) in [4.78, 5) is 20.7. The predicted molar refractivity (Wildman–Crippen MR) is 113 cm³/mol. The Bertz CT molecular complexity index is 910. The van der Waals surface area contributed by atoms with Crippen molar-refractivity contribution < 1.29 is 9.53 Å². The fraction of sp³-hybridized carbons (Fsp3) is 0.300. The van der Waals surface area contributed by atoms with Crippen LogP contribution in [0.2, 0.25) is 0 Å². The fourth-order valence-electron chi connectivity index (χ4n) is 3.24. The molecule has 2 aromatic heterocycles. The van der Waals surface area contributed by atoms with Crippen LogP contribution in [-0.2, 0) is 4.79 Å². The minimum absolute atomic E-state index is 0.0270. The molecule has 1 fully saturated rings. The summed E-state index contributed by atoms with van der Waals surface area (Å²) in [6.45, 7) is 0.831. The normalized spacial score (nSPS) is 17.1. The smallest absolute Gasteiger partial charge is 0.261 e. The van der Waals surface area contributed by atoms with Crippen molar-refractivity contribution in [3.05, 3.63) is 56.6 Å². The monoisotopic (exact) mass is 462 g/mol. The van der Waals surface area contributed by atoms with E-state index in [1.807, 2.05) is 41.3 Å². The molecule has 1 aromatic carbocycles. The molecule has 1 atom stereocenters. The quantitative estimate of drug-likeness (QED) is 0.483. The van der Waals surface area contributed by atoms with E-state index < -0.39 is 0 Å². The van der Waals surface area contributed by atoms with E-state index in [2.05, 4.69) is 27.4 Å². The van der Waals surface area contributed by atoms with Crippen LogP contribution in [0.1, 0.15) is 30.3 Å². The van der Waals surface area contributed by atoms with Crippen molar-refractivity contribution in [2.24, 2.45) is 0 Å². The molecule has 1 aliphatic rings. The Kier molecular flexibility index (Phi) is 5.90. The predicted octanol–water partition coefficient (Wildman–Crippen LogP) is 5.77. The van der Waals surface area contributed by atoms with Gasteiger partial charge in [-0.3, -0.25) is 4.79 Å². The average molecular weight is 463 g/mol. The molecule has 7 heteroatoms. The van der Waals surface area contributed by atoms with E-state index in [1.165, 1.54) is 0 Å². The molecule has 0 N–H and O–H groups in total. The summed E-state index contributed by atoms with van der Waals surface area (Å²) in [5.41, 5.74) is 0.990. The lowest BCUT2D eigenvalue weighted by Gasteiger charge is -2.34. The minimum Gasteiger partial charge on any atom is -0.484 e. The number of ether oxygens (including phenoxy) is 1. The van der Waals surface area contributed by atoms with Crippen molar-refractivity contribution in [2.45, 2.75) is 25.3 Å². The molecule has 1 saturated heterocycles. The molecule has 0 aliphatic carbocycles. The molecule has 0 radical (unpaired) electrons. The topological polar surface area (TPSA) is 42.4 Å². The van der Waals surface area contributed by atoms with Crippen molar-refractivity contribution in [2.75, 3.05) is 13.2 Å². The fourth-order valence-corrected chi connectivity index (χ4v) is 5.62. The van der Waals surface area contributed by atoms with E-state index in [4.69, 9.17) is 9.72 Å². The van der Waals surface area contributed by atoms with Crippen LogP contribution in [0.25, 0.3) is 10.6 Å². The van der Waals surface area contributed by atoms with Gasteiger partial charge in [-0.25, -0.2) is 4.98 Å². The van der Waals surface area contributed by atoms with Crippen LogP contribution in [0.15, 0.2) is 51.6 Å². The standard InChI is InChI=1S/C20H19BrN2O2S2/c21-18-10-9-17(27-18)15-13-26-20(22-15)16-8-4-5-11-23(16)19(24)12-25-14-6-2-1-3-7-14/h1-3,6-7,9-10,13,16H,4-5,8,11-12H2/t16-/m1/s1. The highest BCUT2D eigenvalue weighted by Gasteiger charge is 2.30. The lowest BCUT2D eigenvalue weighted by atomic mass is 10.0. The van der Waals surface area contributed by atoms with Gasteiger partial charge in [0.25, 0.3) is 5.91 Å². The Morgan fingerprint density at radius 1 is 1.22 bits per heavy atom. The van der Waals surface area contributed by atoms with Crippen molar-refractivity contribution in [1.29, 1.82) is 0 Å². The number of likely N-dealkylation sites (tertiary alicyclic amines) is 1. The number of halogens is 1. The number of aromatic nitrogens is 1. The summed E-state index contributed by atoms with van der Waals surface area (Å²) in [5, 5.41) is 3.10. The van der Waals surface area contributed by atoms with Crippen molar-refractivity contribution in [3.63, 3.8) is 0 Å². The molecule has 0 saturated carbocycles. The number of thiophene rings is 1. The second-order valence-corrected chi connectivity index (χ2v) is 9.73. The van der Waals surface area contributed by atoms with Crippen molar-refractivity contribution >= 4 is 44.5 Å². The number of piperidine rings is 1. The van der Waals surface area contributed by atoms with Gasteiger partial charge in [0.2, 0.25) is 0 Å². The molecule has 3 heterocycles. The van der Waals surface area contributed by atoms with Crippen LogP contribution >= 0.6 is 38.6 Å². The second kappa shape index (κ2) is 8.54. The number of rotatable bonds is 5. The maximum Gasteiger partial charge on any atom is 0.261 e. The molecular formula is C20H19BrN2O2S2. The highest BCUT2D eigenvalue weighted by atomic mass is 79.9. The molecule has 27 heavy (non-hydrogen) atoms. The third-order valence-corrected chi connectivity index (χ3v) is 7.15. The number of carbonyl (C=O) groups excluding carboxylic acids is 1. The lowest BCUT2D eigenvalue weighted by Crippen LogP contribution is -2.41. The summed E-state index contributed by atoms with van der Waals surface area (Å²) in [7, 11) is 0. The molecule has 4 rings (SSSR count). The molecule has 1 amide bonds. The van der Waals surface area contributed by atoms with Gasteiger partial charge < -0.3 is 9.64 Å². The Morgan fingerprint density at radius 2 is 2.07 bits per heavy atom. The largest absolute Gasteiger partial charge is 0.484 e.